The molecule has 0 saturated heterocycles. The predicted octanol–water partition coefficient (Wildman–Crippen LogP) is 4.28. The van der Waals surface area contributed by atoms with Crippen LogP contribution in [0, 0.1) is 13.8 Å². The Bertz CT molecular complexity index is 660. The van der Waals surface area contributed by atoms with Gasteiger partial charge in [0, 0.05) is 33.5 Å². The maximum absolute atomic E-state index is 4.06. The van der Waals surface area contributed by atoms with Gasteiger partial charge in [0.15, 0.2) is 0 Å². The van der Waals surface area contributed by atoms with Crippen LogP contribution in [0.2, 0.25) is 0 Å². The van der Waals surface area contributed by atoms with Crippen LogP contribution in [-0.2, 0) is 6.54 Å². The fourth-order valence-electron chi connectivity index (χ4n) is 2.24. The maximum atomic E-state index is 4.06. The molecule has 0 saturated carbocycles. The molecule has 3 aromatic rings. The summed E-state index contributed by atoms with van der Waals surface area (Å²) in [6.45, 7) is 5.27. The molecule has 0 bridgehead atoms. The van der Waals surface area contributed by atoms with Crippen molar-refractivity contribution < 1.29 is 0 Å². The molecular weight excluding hydrogens is 252 g/mol. The van der Waals surface area contributed by atoms with Gasteiger partial charge in [0.2, 0.25) is 0 Å². The van der Waals surface area contributed by atoms with Crippen LogP contribution in [0.1, 0.15) is 16.3 Å². The molecule has 0 aliphatic rings. The summed E-state index contributed by atoms with van der Waals surface area (Å²) in [6.07, 6.45) is 3.68. The first-order valence-corrected chi connectivity index (χ1v) is 7.17. The summed E-state index contributed by atoms with van der Waals surface area (Å²) in [5.74, 6) is 0. The van der Waals surface area contributed by atoms with E-state index in [-0.39, 0.29) is 0 Å². The summed E-state index contributed by atoms with van der Waals surface area (Å²) in [5.41, 5.74) is 3.87. The third-order valence-electron chi connectivity index (χ3n) is 3.36. The number of nitrogens with zero attached hydrogens (tertiary/aromatic N) is 2. The fourth-order valence-corrected chi connectivity index (χ4v) is 3.24. The molecule has 3 rings (SSSR count). The lowest BCUT2D eigenvalue weighted by Crippen LogP contribution is -2.01. The summed E-state index contributed by atoms with van der Waals surface area (Å²) in [7, 11) is 0. The van der Waals surface area contributed by atoms with Gasteiger partial charge in [-0.1, -0.05) is 0 Å². The van der Waals surface area contributed by atoms with E-state index in [4.69, 9.17) is 0 Å². The molecule has 0 amide bonds. The summed E-state index contributed by atoms with van der Waals surface area (Å²) in [4.78, 5) is 6.75. The van der Waals surface area contributed by atoms with Gasteiger partial charge >= 0.3 is 0 Å². The van der Waals surface area contributed by atoms with Crippen LogP contribution in [0.3, 0.4) is 0 Å². The molecule has 3 heteroatoms. The zero-order valence-electron chi connectivity index (χ0n) is 11.1. The van der Waals surface area contributed by atoms with Crippen molar-refractivity contribution in [2.75, 3.05) is 0 Å². The van der Waals surface area contributed by atoms with Gasteiger partial charge in [0.25, 0.3) is 0 Å². The lowest BCUT2D eigenvalue weighted by Gasteiger charge is -2.07. The Morgan fingerprint density at radius 2 is 1.63 bits per heavy atom. The van der Waals surface area contributed by atoms with Gasteiger partial charge in [-0.3, -0.25) is 4.98 Å². The van der Waals surface area contributed by atoms with Crippen LogP contribution in [0.5, 0.6) is 0 Å². The monoisotopic (exact) mass is 268 g/mol. The van der Waals surface area contributed by atoms with E-state index in [0.29, 0.717) is 0 Å². The average Bonchev–Trinajstić information content (AvgIpc) is 3.02. The largest absolute Gasteiger partial charge is 0.344 e. The predicted molar refractivity (Wildman–Crippen MR) is 80.6 cm³/mol. The second kappa shape index (κ2) is 5.02. The Balaban J connectivity index is 1.87. The standard InChI is InChI=1S/C16H16N2S/c1-12-3-4-13(2)18(12)11-15-5-6-16(19-15)14-7-9-17-10-8-14/h3-10H,11H2,1-2H3. The average molecular weight is 268 g/mol. The van der Waals surface area contributed by atoms with Crippen LogP contribution >= 0.6 is 11.3 Å². The van der Waals surface area contributed by atoms with E-state index in [1.807, 2.05) is 23.7 Å². The van der Waals surface area contributed by atoms with Gasteiger partial charge in [-0.05, 0) is 55.8 Å². The second-order valence-electron chi connectivity index (χ2n) is 4.70. The molecule has 0 aromatic carbocycles. The highest BCUT2D eigenvalue weighted by Gasteiger charge is 2.06. The van der Waals surface area contributed by atoms with Crippen molar-refractivity contribution in [2.45, 2.75) is 20.4 Å². The Kier molecular flexibility index (Phi) is 3.22. The fraction of sp³-hybridized carbons (Fsp3) is 0.188. The van der Waals surface area contributed by atoms with Crippen LogP contribution in [0.15, 0.2) is 48.8 Å². The Hall–Kier alpha value is -1.87. The third kappa shape index (κ3) is 2.47. The molecule has 3 heterocycles. The van der Waals surface area contributed by atoms with E-state index in [1.54, 1.807) is 0 Å². The molecule has 0 fully saturated rings. The number of hydrogen-bond donors (Lipinski definition) is 0. The lowest BCUT2D eigenvalue weighted by molar-refractivity contribution is 0.759. The third-order valence-corrected chi connectivity index (χ3v) is 4.48. The highest BCUT2D eigenvalue weighted by atomic mass is 32.1. The number of aromatic nitrogens is 2. The summed E-state index contributed by atoms with van der Waals surface area (Å²) >= 11 is 1.85. The van der Waals surface area contributed by atoms with E-state index < -0.39 is 0 Å². The molecular formula is C16H16N2S. The van der Waals surface area contributed by atoms with Crippen LogP contribution in [-0.4, -0.2) is 9.55 Å². The zero-order chi connectivity index (χ0) is 13.2. The highest BCUT2D eigenvalue weighted by molar-refractivity contribution is 7.15. The van der Waals surface area contributed by atoms with Crippen molar-refractivity contribution in [1.82, 2.24) is 9.55 Å². The minimum absolute atomic E-state index is 0.959. The molecule has 96 valence electrons. The summed E-state index contributed by atoms with van der Waals surface area (Å²) < 4.78 is 2.35. The normalized spacial score (nSPS) is 10.8. The van der Waals surface area contributed by atoms with Crippen molar-refractivity contribution in [3.05, 3.63) is 65.1 Å². The van der Waals surface area contributed by atoms with Gasteiger partial charge in [0.1, 0.15) is 0 Å². The smallest absolute Gasteiger partial charge is 0.0568 e. The number of hydrogen-bond acceptors (Lipinski definition) is 2. The van der Waals surface area contributed by atoms with Crippen molar-refractivity contribution in [2.24, 2.45) is 0 Å². The number of thiophene rings is 1. The topological polar surface area (TPSA) is 17.8 Å². The molecule has 19 heavy (non-hydrogen) atoms. The van der Waals surface area contributed by atoms with Gasteiger partial charge in [0.05, 0.1) is 6.54 Å². The molecule has 0 radical (unpaired) electrons. The van der Waals surface area contributed by atoms with Gasteiger partial charge in [-0.2, -0.15) is 0 Å². The minimum atomic E-state index is 0.959. The van der Waals surface area contributed by atoms with E-state index in [1.165, 1.54) is 26.7 Å². The molecule has 2 nitrogen and oxygen atoms in total. The summed E-state index contributed by atoms with van der Waals surface area (Å²) in [6, 6.07) is 12.9. The molecule has 0 unspecified atom stereocenters. The van der Waals surface area contributed by atoms with Gasteiger partial charge in [-0.25, -0.2) is 0 Å². The second-order valence-corrected chi connectivity index (χ2v) is 5.87. The van der Waals surface area contributed by atoms with Crippen molar-refractivity contribution >= 4 is 11.3 Å². The zero-order valence-corrected chi connectivity index (χ0v) is 11.9. The quantitative estimate of drug-likeness (QED) is 0.693. The van der Waals surface area contributed by atoms with Crippen molar-refractivity contribution in [3.63, 3.8) is 0 Å². The Morgan fingerprint density at radius 1 is 0.947 bits per heavy atom. The first-order chi connectivity index (χ1) is 9.24. The minimum Gasteiger partial charge on any atom is -0.344 e. The Labute approximate surface area is 117 Å². The molecule has 0 aliphatic carbocycles. The van der Waals surface area contributed by atoms with Crippen LogP contribution in [0.25, 0.3) is 10.4 Å². The van der Waals surface area contributed by atoms with Crippen molar-refractivity contribution in [3.8, 4) is 10.4 Å². The molecule has 3 aromatic heterocycles. The lowest BCUT2D eigenvalue weighted by atomic mass is 10.2. The number of aryl methyl sites for hydroxylation is 2. The molecule has 0 N–H and O–H groups in total. The summed E-state index contributed by atoms with van der Waals surface area (Å²) in [5, 5.41) is 0. The first-order valence-electron chi connectivity index (χ1n) is 6.36. The molecule has 0 atom stereocenters. The van der Waals surface area contributed by atoms with E-state index in [0.717, 1.165) is 6.54 Å². The van der Waals surface area contributed by atoms with Crippen molar-refractivity contribution in [1.29, 1.82) is 0 Å². The van der Waals surface area contributed by atoms with Gasteiger partial charge in [-0.15, -0.1) is 11.3 Å². The number of pyridine rings is 1. The molecule has 0 spiro atoms. The highest BCUT2D eigenvalue weighted by Crippen LogP contribution is 2.28. The van der Waals surface area contributed by atoms with Crippen LogP contribution < -0.4 is 0 Å². The maximum Gasteiger partial charge on any atom is 0.0568 e. The molecule has 0 aliphatic heterocycles. The SMILES string of the molecule is Cc1ccc(C)n1Cc1ccc(-c2ccncc2)s1. The number of rotatable bonds is 3. The van der Waals surface area contributed by atoms with E-state index in [9.17, 15) is 0 Å². The Morgan fingerprint density at radius 3 is 2.32 bits per heavy atom. The first kappa shape index (κ1) is 12.2. The van der Waals surface area contributed by atoms with E-state index >= 15 is 0 Å². The van der Waals surface area contributed by atoms with Crippen LogP contribution in [0.4, 0.5) is 0 Å². The van der Waals surface area contributed by atoms with E-state index in [2.05, 4.69) is 59.8 Å². The van der Waals surface area contributed by atoms with Gasteiger partial charge < -0.3 is 4.57 Å².